The molecule has 6 heteroatoms. The number of aromatic nitrogens is 1. The monoisotopic (exact) mass is 310 g/mol. The van der Waals surface area contributed by atoms with Crippen LogP contribution in [0.3, 0.4) is 0 Å². The highest BCUT2D eigenvalue weighted by atomic mass is 79.9. The van der Waals surface area contributed by atoms with Crippen molar-refractivity contribution in [1.29, 1.82) is 0 Å². The minimum atomic E-state index is -4.39. The van der Waals surface area contributed by atoms with E-state index in [1.807, 2.05) is 13.8 Å². The Morgan fingerprint density at radius 1 is 1.41 bits per heavy atom. The lowest BCUT2D eigenvalue weighted by atomic mass is 10.1. The normalized spacial score (nSPS) is 11.9. The first-order chi connectivity index (χ1) is 7.80. The van der Waals surface area contributed by atoms with Gasteiger partial charge >= 0.3 is 6.18 Å². The Hall–Kier alpha value is -0.780. The number of anilines is 1. The molecular weight excluding hydrogens is 297 g/mol. The molecule has 96 valence electrons. The zero-order valence-electron chi connectivity index (χ0n) is 9.61. The van der Waals surface area contributed by atoms with Crippen LogP contribution in [0.15, 0.2) is 16.7 Å². The van der Waals surface area contributed by atoms with Crippen LogP contribution in [0.5, 0.6) is 0 Å². The molecule has 0 saturated heterocycles. The van der Waals surface area contributed by atoms with Gasteiger partial charge in [-0.2, -0.15) is 13.2 Å². The molecule has 0 atom stereocenters. The standard InChI is InChI=1S/C11H14BrF3N2/c1-7(2)3-4-16-10-9(11(13,14)15)5-8(12)6-17-10/h5-7H,3-4H2,1-2H3,(H,16,17). The molecule has 0 saturated carbocycles. The highest BCUT2D eigenvalue weighted by Gasteiger charge is 2.34. The fourth-order valence-electron chi connectivity index (χ4n) is 1.28. The molecule has 2 nitrogen and oxygen atoms in total. The maximum atomic E-state index is 12.7. The Balaban J connectivity index is 2.84. The molecule has 0 amide bonds. The molecule has 1 aromatic heterocycles. The van der Waals surface area contributed by atoms with Crippen molar-refractivity contribution >= 4 is 21.7 Å². The lowest BCUT2D eigenvalue weighted by Gasteiger charge is -2.14. The van der Waals surface area contributed by atoms with Gasteiger partial charge in [-0.1, -0.05) is 13.8 Å². The number of pyridine rings is 1. The summed E-state index contributed by atoms with van der Waals surface area (Å²) in [6, 6.07) is 1.03. The number of hydrogen-bond acceptors (Lipinski definition) is 2. The predicted molar refractivity (Wildman–Crippen MR) is 64.9 cm³/mol. The van der Waals surface area contributed by atoms with E-state index in [1.54, 1.807) is 0 Å². The number of nitrogens with one attached hydrogen (secondary N) is 1. The van der Waals surface area contributed by atoms with Crippen LogP contribution in [-0.4, -0.2) is 11.5 Å². The van der Waals surface area contributed by atoms with Crippen LogP contribution in [0.2, 0.25) is 0 Å². The molecule has 0 aromatic carbocycles. The average molecular weight is 311 g/mol. The summed E-state index contributed by atoms with van der Waals surface area (Å²) in [6.45, 7) is 4.51. The molecule has 1 rings (SSSR count). The number of rotatable bonds is 4. The van der Waals surface area contributed by atoms with E-state index < -0.39 is 11.7 Å². The second-order valence-corrected chi connectivity index (χ2v) is 5.07. The van der Waals surface area contributed by atoms with Crippen LogP contribution in [0, 0.1) is 5.92 Å². The lowest BCUT2D eigenvalue weighted by molar-refractivity contribution is -0.137. The third-order valence-corrected chi connectivity index (χ3v) is 2.61. The molecule has 1 heterocycles. The Bertz CT molecular complexity index is 377. The first-order valence-electron chi connectivity index (χ1n) is 5.27. The van der Waals surface area contributed by atoms with E-state index >= 15 is 0 Å². The van der Waals surface area contributed by atoms with E-state index in [0.717, 1.165) is 12.5 Å². The first-order valence-corrected chi connectivity index (χ1v) is 6.06. The highest BCUT2D eigenvalue weighted by Crippen LogP contribution is 2.35. The van der Waals surface area contributed by atoms with Gasteiger partial charge < -0.3 is 5.32 Å². The van der Waals surface area contributed by atoms with E-state index in [2.05, 4.69) is 26.2 Å². The third kappa shape index (κ3) is 4.53. The number of nitrogens with zero attached hydrogens (tertiary/aromatic N) is 1. The molecular formula is C11H14BrF3N2. The molecule has 0 radical (unpaired) electrons. The summed E-state index contributed by atoms with van der Waals surface area (Å²) in [5.41, 5.74) is -0.740. The SMILES string of the molecule is CC(C)CCNc1ncc(Br)cc1C(F)(F)F. The number of hydrogen-bond donors (Lipinski definition) is 1. The van der Waals surface area contributed by atoms with Gasteiger partial charge in [0.15, 0.2) is 0 Å². The van der Waals surface area contributed by atoms with Crippen LogP contribution in [-0.2, 0) is 6.18 Å². The van der Waals surface area contributed by atoms with Gasteiger partial charge in [0.1, 0.15) is 5.82 Å². The summed E-state index contributed by atoms with van der Waals surface area (Å²) in [5, 5.41) is 2.73. The summed E-state index contributed by atoms with van der Waals surface area (Å²) in [4.78, 5) is 3.76. The molecule has 0 fully saturated rings. The molecule has 0 aliphatic rings. The van der Waals surface area contributed by atoms with Crippen LogP contribution >= 0.6 is 15.9 Å². The molecule has 0 bridgehead atoms. The van der Waals surface area contributed by atoms with Gasteiger partial charge in [-0.3, -0.25) is 0 Å². The zero-order valence-corrected chi connectivity index (χ0v) is 11.2. The molecule has 1 N–H and O–H groups in total. The van der Waals surface area contributed by atoms with Crippen molar-refractivity contribution in [3.05, 3.63) is 22.3 Å². The highest BCUT2D eigenvalue weighted by molar-refractivity contribution is 9.10. The van der Waals surface area contributed by atoms with E-state index in [1.165, 1.54) is 6.20 Å². The van der Waals surface area contributed by atoms with Gasteiger partial charge in [-0.25, -0.2) is 4.98 Å². The van der Waals surface area contributed by atoms with Crippen LogP contribution in [0.1, 0.15) is 25.8 Å². The third-order valence-electron chi connectivity index (χ3n) is 2.17. The fraction of sp³-hybridized carbons (Fsp3) is 0.545. The van der Waals surface area contributed by atoms with Crippen molar-refractivity contribution in [1.82, 2.24) is 4.98 Å². The van der Waals surface area contributed by atoms with Crippen molar-refractivity contribution in [2.75, 3.05) is 11.9 Å². The zero-order chi connectivity index (χ0) is 13.1. The van der Waals surface area contributed by atoms with Gasteiger partial charge in [0.05, 0.1) is 5.56 Å². The minimum Gasteiger partial charge on any atom is -0.370 e. The quantitative estimate of drug-likeness (QED) is 0.895. The smallest absolute Gasteiger partial charge is 0.370 e. The molecule has 17 heavy (non-hydrogen) atoms. The fourth-order valence-corrected chi connectivity index (χ4v) is 1.61. The molecule has 0 spiro atoms. The Labute approximate surface area is 107 Å². The summed E-state index contributed by atoms with van der Waals surface area (Å²) < 4.78 is 38.5. The second-order valence-electron chi connectivity index (χ2n) is 4.16. The van der Waals surface area contributed by atoms with E-state index in [0.29, 0.717) is 16.9 Å². The number of halogens is 4. The van der Waals surface area contributed by atoms with Crippen molar-refractivity contribution in [2.24, 2.45) is 5.92 Å². The van der Waals surface area contributed by atoms with E-state index in [4.69, 9.17) is 0 Å². The molecule has 0 unspecified atom stereocenters. The van der Waals surface area contributed by atoms with Crippen molar-refractivity contribution < 1.29 is 13.2 Å². The molecule has 0 aliphatic carbocycles. The molecule has 0 aliphatic heterocycles. The summed E-state index contributed by atoms with van der Waals surface area (Å²) in [7, 11) is 0. The first kappa shape index (κ1) is 14.3. The number of alkyl halides is 3. The van der Waals surface area contributed by atoms with E-state index in [-0.39, 0.29) is 5.82 Å². The predicted octanol–water partition coefficient (Wildman–Crippen LogP) is 4.32. The van der Waals surface area contributed by atoms with E-state index in [9.17, 15) is 13.2 Å². The summed E-state index contributed by atoms with van der Waals surface area (Å²) in [6.07, 6.45) is -2.24. The maximum absolute atomic E-state index is 12.7. The van der Waals surface area contributed by atoms with Gasteiger partial charge in [0.2, 0.25) is 0 Å². The Kier molecular flexibility index (Phi) is 4.80. The van der Waals surface area contributed by atoms with Crippen LogP contribution in [0.4, 0.5) is 19.0 Å². The largest absolute Gasteiger partial charge is 0.419 e. The minimum absolute atomic E-state index is 0.110. The van der Waals surface area contributed by atoms with Gasteiger partial charge in [-0.05, 0) is 34.3 Å². The van der Waals surface area contributed by atoms with Crippen LogP contribution in [0.25, 0.3) is 0 Å². The Morgan fingerprint density at radius 3 is 2.59 bits per heavy atom. The van der Waals surface area contributed by atoms with Crippen molar-refractivity contribution in [3.8, 4) is 0 Å². The Morgan fingerprint density at radius 2 is 2.06 bits per heavy atom. The topological polar surface area (TPSA) is 24.9 Å². The summed E-state index contributed by atoms with van der Waals surface area (Å²) in [5.74, 6) is 0.327. The van der Waals surface area contributed by atoms with Gasteiger partial charge in [-0.15, -0.1) is 0 Å². The second kappa shape index (κ2) is 5.71. The van der Waals surface area contributed by atoms with Crippen molar-refractivity contribution in [3.63, 3.8) is 0 Å². The van der Waals surface area contributed by atoms with Crippen molar-refractivity contribution in [2.45, 2.75) is 26.4 Å². The van der Waals surface area contributed by atoms with Crippen LogP contribution < -0.4 is 5.32 Å². The summed E-state index contributed by atoms with van der Waals surface area (Å²) >= 11 is 2.99. The van der Waals surface area contributed by atoms with Gasteiger partial charge in [0, 0.05) is 17.2 Å². The average Bonchev–Trinajstić information content (AvgIpc) is 2.18. The molecule has 1 aromatic rings. The van der Waals surface area contributed by atoms with Gasteiger partial charge in [0.25, 0.3) is 0 Å². The lowest BCUT2D eigenvalue weighted by Crippen LogP contribution is -2.14. The maximum Gasteiger partial charge on any atom is 0.419 e.